The van der Waals surface area contributed by atoms with Crippen molar-refractivity contribution in [1.82, 2.24) is 14.9 Å². The molecule has 1 aliphatic rings. The molecule has 2 heterocycles. The number of carboxylic acid groups (broad SMARTS) is 1. The molecule has 0 saturated carbocycles. The minimum atomic E-state index is -5.09. The molecule has 0 aliphatic carbocycles. The quantitative estimate of drug-likeness (QED) is 0.210. The van der Waals surface area contributed by atoms with Crippen LogP contribution in [0.2, 0.25) is 0 Å². The number of alkyl halides is 8. The van der Waals surface area contributed by atoms with Crippen molar-refractivity contribution < 1.29 is 59.3 Å². The number of rotatable bonds is 11. The van der Waals surface area contributed by atoms with Crippen molar-refractivity contribution in [2.45, 2.75) is 64.0 Å². The number of carboxylic acids is 1. The molecule has 1 aromatic heterocycles. The molecule has 1 amide bonds. The van der Waals surface area contributed by atoms with Crippen LogP contribution in [-0.4, -0.2) is 71.3 Å². The van der Waals surface area contributed by atoms with E-state index in [0.717, 1.165) is 12.0 Å². The molecule has 1 saturated heterocycles. The third-order valence-corrected chi connectivity index (χ3v) is 7.88. The number of anilines is 1. The maximum absolute atomic E-state index is 13.8. The number of carbonyl (C=O) groups is 2. The third kappa shape index (κ3) is 8.86. The van der Waals surface area contributed by atoms with Gasteiger partial charge in [-0.3, -0.25) is 9.69 Å². The highest BCUT2D eigenvalue weighted by atomic mass is 19.4. The summed E-state index contributed by atoms with van der Waals surface area (Å²) in [7, 11) is 2.40. The first-order chi connectivity index (χ1) is 22.7. The second-order valence-corrected chi connectivity index (χ2v) is 11.6. The summed E-state index contributed by atoms with van der Waals surface area (Å²) in [5.74, 6) is -3.85. The number of benzene rings is 2. The summed E-state index contributed by atoms with van der Waals surface area (Å²) < 4.78 is 119. The van der Waals surface area contributed by atoms with Crippen LogP contribution in [0.3, 0.4) is 0 Å². The van der Waals surface area contributed by atoms with Crippen LogP contribution >= 0.6 is 0 Å². The summed E-state index contributed by atoms with van der Waals surface area (Å²) in [6.45, 7) is 1.12. The lowest BCUT2D eigenvalue weighted by atomic mass is 9.96. The molecule has 1 aliphatic heterocycles. The molecule has 17 heteroatoms. The number of hydrogen-bond donors (Lipinski definition) is 1. The fraction of sp³-hybridized carbons (Fsp3) is 0.438. The zero-order valence-corrected chi connectivity index (χ0v) is 26.7. The van der Waals surface area contributed by atoms with Gasteiger partial charge in [-0.1, -0.05) is 6.07 Å². The fourth-order valence-electron chi connectivity index (χ4n) is 5.50. The molecule has 49 heavy (non-hydrogen) atoms. The Kier molecular flexibility index (Phi) is 10.6. The number of nitrogens with zero attached hydrogens (tertiary/aromatic N) is 4. The Balaban J connectivity index is 1.82. The summed E-state index contributed by atoms with van der Waals surface area (Å²) in [6, 6.07) is 4.90. The van der Waals surface area contributed by atoms with Gasteiger partial charge in [0.2, 0.25) is 5.95 Å². The van der Waals surface area contributed by atoms with E-state index in [2.05, 4.69) is 9.97 Å². The van der Waals surface area contributed by atoms with E-state index in [1.165, 1.54) is 18.9 Å². The molecule has 2 aromatic carbocycles. The van der Waals surface area contributed by atoms with E-state index in [9.17, 15) is 49.8 Å². The van der Waals surface area contributed by atoms with E-state index in [-0.39, 0.29) is 53.1 Å². The van der Waals surface area contributed by atoms with E-state index in [1.54, 1.807) is 25.1 Å². The lowest BCUT2D eigenvalue weighted by Gasteiger charge is -2.39. The number of aryl methyl sites for hydroxylation is 2. The van der Waals surface area contributed by atoms with Crippen LogP contribution in [0, 0.1) is 6.92 Å². The minimum Gasteiger partial charge on any atom is -0.496 e. The number of aliphatic carboxylic acids is 1. The standard InChI is InChI=1S/C32H32F8N4O5/c1-17(9-20-10-21(31(35,36)37)13-22(11-20)32(38,39)40)44(29(47)49-4)14-24-27(18(2)41-28(42-24)43-15-30(33,34)16-43)23-12-19(6-8-26(45)46)5-7-25(23)48-3/h5,7,10-13,17H,6,8-9,14-16H2,1-4H3,(H,45,46)/t17-/m0/s1. The third-order valence-electron chi connectivity index (χ3n) is 7.88. The zero-order valence-electron chi connectivity index (χ0n) is 26.7. The smallest absolute Gasteiger partial charge is 0.416 e. The Morgan fingerprint density at radius 3 is 2.10 bits per heavy atom. The number of amides is 1. The van der Waals surface area contributed by atoms with Gasteiger partial charge in [0.25, 0.3) is 5.92 Å². The van der Waals surface area contributed by atoms with Crippen LogP contribution in [0.5, 0.6) is 5.75 Å². The van der Waals surface area contributed by atoms with E-state index in [4.69, 9.17) is 9.47 Å². The highest BCUT2D eigenvalue weighted by molar-refractivity contribution is 5.77. The van der Waals surface area contributed by atoms with E-state index in [1.807, 2.05) is 0 Å². The molecule has 0 bridgehead atoms. The minimum absolute atomic E-state index is 0.000983. The van der Waals surface area contributed by atoms with E-state index >= 15 is 0 Å². The van der Waals surface area contributed by atoms with Crippen LogP contribution in [0.15, 0.2) is 36.4 Å². The summed E-state index contributed by atoms with van der Waals surface area (Å²) in [5.41, 5.74) is -1.84. The first-order valence-electron chi connectivity index (χ1n) is 14.7. The maximum Gasteiger partial charge on any atom is 0.416 e. The highest BCUT2D eigenvalue weighted by Crippen LogP contribution is 2.39. The van der Waals surface area contributed by atoms with Gasteiger partial charge < -0.3 is 19.5 Å². The Morgan fingerprint density at radius 1 is 0.980 bits per heavy atom. The number of methoxy groups -OCH3 is 2. The Morgan fingerprint density at radius 2 is 1.59 bits per heavy atom. The Bertz CT molecular complexity index is 1670. The average molecular weight is 705 g/mol. The molecule has 3 aromatic rings. The van der Waals surface area contributed by atoms with Gasteiger partial charge in [-0.15, -0.1) is 0 Å². The zero-order chi connectivity index (χ0) is 36.5. The molecule has 1 N–H and O–H groups in total. The number of ether oxygens (including phenoxy) is 2. The lowest BCUT2D eigenvalue weighted by Crippen LogP contribution is -2.57. The van der Waals surface area contributed by atoms with Gasteiger partial charge in [-0.05, 0) is 68.1 Å². The molecule has 0 radical (unpaired) electrons. The molecular formula is C32H32F8N4O5. The summed E-state index contributed by atoms with van der Waals surface area (Å²) >= 11 is 0. The summed E-state index contributed by atoms with van der Waals surface area (Å²) in [6.07, 6.45) is -11.7. The number of hydrogen-bond acceptors (Lipinski definition) is 7. The fourth-order valence-corrected chi connectivity index (χ4v) is 5.50. The molecule has 0 unspecified atom stereocenters. The van der Waals surface area contributed by atoms with Crippen molar-refractivity contribution in [2.24, 2.45) is 0 Å². The van der Waals surface area contributed by atoms with Gasteiger partial charge >= 0.3 is 24.4 Å². The monoisotopic (exact) mass is 704 g/mol. The molecule has 9 nitrogen and oxygen atoms in total. The normalized spacial score (nSPS) is 15.0. The topological polar surface area (TPSA) is 105 Å². The molecule has 0 spiro atoms. The van der Waals surface area contributed by atoms with Crippen LogP contribution < -0.4 is 9.64 Å². The van der Waals surface area contributed by atoms with Crippen molar-refractivity contribution >= 4 is 18.0 Å². The maximum atomic E-state index is 13.8. The molecule has 266 valence electrons. The second kappa shape index (κ2) is 14.0. The van der Waals surface area contributed by atoms with Crippen LogP contribution in [0.4, 0.5) is 45.9 Å². The first-order valence-corrected chi connectivity index (χ1v) is 14.7. The second-order valence-electron chi connectivity index (χ2n) is 11.6. The predicted molar refractivity (Wildman–Crippen MR) is 159 cm³/mol. The van der Waals surface area contributed by atoms with Gasteiger partial charge in [0, 0.05) is 23.6 Å². The van der Waals surface area contributed by atoms with Crippen molar-refractivity contribution in [3.05, 3.63) is 70.0 Å². The molecule has 4 rings (SSSR count). The van der Waals surface area contributed by atoms with Gasteiger partial charge in [0.1, 0.15) is 5.75 Å². The molecule has 1 fully saturated rings. The number of carbonyl (C=O) groups excluding carboxylic acids is 1. The largest absolute Gasteiger partial charge is 0.496 e. The van der Waals surface area contributed by atoms with Crippen LogP contribution in [-0.2, 0) is 41.3 Å². The lowest BCUT2D eigenvalue weighted by molar-refractivity contribution is -0.143. The predicted octanol–water partition coefficient (Wildman–Crippen LogP) is 7.17. The van der Waals surface area contributed by atoms with Crippen molar-refractivity contribution in [3.8, 4) is 16.9 Å². The van der Waals surface area contributed by atoms with Crippen LogP contribution in [0.25, 0.3) is 11.1 Å². The molecular weight excluding hydrogens is 672 g/mol. The Hall–Kier alpha value is -4.70. The first kappa shape index (κ1) is 37.1. The SMILES string of the molecule is COC(=O)N(Cc1nc(N2CC(F)(F)C2)nc(C)c1-c1cc(CCC(=O)O)ccc1OC)[C@@H](C)Cc1cc(C(F)(F)F)cc(C(F)(F)F)c1. The van der Waals surface area contributed by atoms with E-state index in [0.29, 0.717) is 23.3 Å². The van der Waals surface area contributed by atoms with Crippen molar-refractivity contribution in [1.29, 1.82) is 0 Å². The summed E-state index contributed by atoms with van der Waals surface area (Å²) in [4.78, 5) is 35.5. The van der Waals surface area contributed by atoms with Gasteiger partial charge in [-0.2, -0.15) is 26.3 Å². The van der Waals surface area contributed by atoms with Crippen molar-refractivity contribution in [3.63, 3.8) is 0 Å². The van der Waals surface area contributed by atoms with Gasteiger partial charge in [-0.25, -0.2) is 23.5 Å². The molecule has 1 atom stereocenters. The average Bonchev–Trinajstić information content (AvgIpc) is 2.99. The van der Waals surface area contributed by atoms with Crippen molar-refractivity contribution in [2.75, 3.05) is 32.2 Å². The van der Waals surface area contributed by atoms with Crippen LogP contribution in [0.1, 0.15) is 47.0 Å². The van der Waals surface area contributed by atoms with Gasteiger partial charge in [0.15, 0.2) is 0 Å². The highest BCUT2D eigenvalue weighted by Gasteiger charge is 2.45. The summed E-state index contributed by atoms with van der Waals surface area (Å²) in [5, 5.41) is 9.18. The van der Waals surface area contributed by atoms with Gasteiger partial charge in [0.05, 0.1) is 56.4 Å². The Labute approximate surface area is 275 Å². The van der Waals surface area contributed by atoms with E-state index < -0.39 is 73.6 Å². The number of halogens is 8. The number of aromatic nitrogens is 2.